The Bertz CT molecular complexity index is 770. The highest BCUT2D eigenvalue weighted by molar-refractivity contribution is 6.32. The number of halogens is 2. The number of nitrogens with zero attached hydrogens (tertiary/aromatic N) is 1. The van der Waals surface area contributed by atoms with Crippen molar-refractivity contribution in [2.75, 3.05) is 26.7 Å². The van der Waals surface area contributed by atoms with Gasteiger partial charge in [-0.25, -0.2) is 4.39 Å². The van der Waals surface area contributed by atoms with Gasteiger partial charge in [0.1, 0.15) is 12.4 Å². The lowest BCUT2D eigenvalue weighted by molar-refractivity contribution is 0.260. The molecule has 0 radical (unpaired) electrons. The fourth-order valence-corrected chi connectivity index (χ4v) is 3.97. The number of nitrogens with one attached hydrogen (secondary N) is 1. The van der Waals surface area contributed by atoms with E-state index in [0.717, 1.165) is 30.8 Å². The second-order valence-corrected chi connectivity index (χ2v) is 7.49. The Morgan fingerprint density at radius 1 is 1.21 bits per heavy atom. The van der Waals surface area contributed by atoms with Gasteiger partial charge in [0.25, 0.3) is 0 Å². The molecule has 1 saturated heterocycles. The van der Waals surface area contributed by atoms with E-state index in [9.17, 15) is 4.39 Å². The lowest BCUT2D eigenvalue weighted by Crippen LogP contribution is -2.37. The highest BCUT2D eigenvalue weighted by Gasteiger charge is 2.22. The van der Waals surface area contributed by atoms with Gasteiger partial charge in [-0.2, -0.15) is 0 Å². The van der Waals surface area contributed by atoms with Gasteiger partial charge in [-0.15, -0.1) is 0 Å². The molecule has 2 aromatic carbocycles. The van der Waals surface area contributed by atoms with Crippen molar-refractivity contribution in [2.24, 2.45) is 0 Å². The molecule has 0 aromatic heterocycles. The van der Waals surface area contributed by atoms with Crippen LogP contribution in [0.2, 0.25) is 5.02 Å². The first kappa shape index (κ1) is 20.9. The van der Waals surface area contributed by atoms with Crippen LogP contribution in [0.15, 0.2) is 36.4 Å². The number of rotatable bonds is 9. The van der Waals surface area contributed by atoms with Gasteiger partial charge in [-0.05, 0) is 61.3 Å². The van der Waals surface area contributed by atoms with Crippen LogP contribution in [-0.2, 0) is 13.2 Å². The molecule has 28 heavy (non-hydrogen) atoms. The predicted octanol–water partition coefficient (Wildman–Crippen LogP) is 4.64. The smallest absolute Gasteiger partial charge is 0.180 e. The van der Waals surface area contributed by atoms with Crippen molar-refractivity contribution in [3.8, 4) is 11.5 Å². The molecule has 6 heteroatoms. The molecule has 3 rings (SSSR count). The van der Waals surface area contributed by atoms with Crippen LogP contribution < -0.4 is 14.8 Å². The summed E-state index contributed by atoms with van der Waals surface area (Å²) in [6.07, 6.45) is 2.53. The van der Waals surface area contributed by atoms with E-state index in [0.29, 0.717) is 29.2 Å². The molecule has 0 aliphatic carbocycles. The molecule has 2 aromatic rings. The summed E-state index contributed by atoms with van der Waals surface area (Å²) < 4.78 is 24.4. The molecule has 1 fully saturated rings. The van der Waals surface area contributed by atoms with Crippen LogP contribution in [0, 0.1) is 5.82 Å². The molecular formula is C22H28ClFN2O2. The Morgan fingerprint density at radius 2 is 2.00 bits per heavy atom. The normalized spacial score (nSPS) is 17.1. The zero-order valence-corrected chi connectivity index (χ0v) is 17.3. The Morgan fingerprint density at radius 3 is 2.71 bits per heavy atom. The minimum Gasteiger partial charge on any atom is -0.493 e. The Labute approximate surface area is 171 Å². The third-order valence-corrected chi connectivity index (χ3v) is 5.48. The molecule has 0 saturated carbocycles. The van der Waals surface area contributed by atoms with Gasteiger partial charge < -0.3 is 14.8 Å². The number of likely N-dealkylation sites (N-methyl/N-ethyl adjacent to an activating group) is 1. The molecule has 0 unspecified atom stereocenters. The molecule has 0 amide bonds. The monoisotopic (exact) mass is 406 g/mol. The van der Waals surface area contributed by atoms with Gasteiger partial charge in [0, 0.05) is 19.1 Å². The van der Waals surface area contributed by atoms with Gasteiger partial charge in [-0.1, -0.05) is 30.7 Å². The molecular weight excluding hydrogens is 379 g/mol. The summed E-state index contributed by atoms with van der Waals surface area (Å²) >= 11 is 6.46. The summed E-state index contributed by atoms with van der Waals surface area (Å²) in [5, 5.41) is 4.05. The maximum Gasteiger partial charge on any atom is 0.180 e. The number of likely N-dealkylation sites (tertiary alicyclic amines) is 1. The van der Waals surface area contributed by atoms with Crippen molar-refractivity contribution in [3.05, 3.63) is 58.4 Å². The van der Waals surface area contributed by atoms with Crippen molar-refractivity contribution in [2.45, 2.75) is 39.0 Å². The minimum absolute atomic E-state index is 0.268. The summed E-state index contributed by atoms with van der Waals surface area (Å²) in [4.78, 5) is 2.52. The average molecular weight is 407 g/mol. The highest BCUT2D eigenvalue weighted by atomic mass is 35.5. The Balaban J connectivity index is 1.59. The molecule has 1 atom stereocenters. The third kappa shape index (κ3) is 5.37. The lowest BCUT2D eigenvalue weighted by atomic mass is 10.1. The average Bonchev–Trinajstić information content (AvgIpc) is 3.15. The molecule has 1 aliphatic heterocycles. The number of benzene rings is 2. The fourth-order valence-electron chi connectivity index (χ4n) is 3.68. The third-order valence-electron chi connectivity index (χ3n) is 5.20. The first-order valence-electron chi connectivity index (χ1n) is 9.79. The first-order valence-corrected chi connectivity index (χ1v) is 10.2. The van der Waals surface area contributed by atoms with Crippen molar-refractivity contribution < 1.29 is 13.9 Å². The minimum atomic E-state index is -0.268. The lowest BCUT2D eigenvalue weighted by Gasteiger charge is -2.23. The molecule has 1 N–H and O–H groups in total. The van der Waals surface area contributed by atoms with E-state index in [-0.39, 0.29) is 5.82 Å². The zero-order valence-electron chi connectivity index (χ0n) is 16.5. The molecule has 4 nitrogen and oxygen atoms in total. The van der Waals surface area contributed by atoms with Gasteiger partial charge in [-0.3, -0.25) is 4.90 Å². The van der Waals surface area contributed by atoms with Crippen LogP contribution in [0.5, 0.6) is 11.5 Å². The van der Waals surface area contributed by atoms with E-state index in [4.69, 9.17) is 21.1 Å². The molecule has 152 valence electrons. The summed E-state index contributed by atoms with van der Waals surface area (Å²) in [5.41, 5.74) is 1.92. The zero-order chi connectivity index (χ0) is 19.9. The number of hydrogen-bond acceptors (Lipinski definition) is 4. The maximum absolute atomic E-state index is 13.0. The van der Waals surface area contributed by atoms with E-state index >= 15 is 0 Å². The molecule has 1 aliphatic rings. The quantitative estimate of drug-likeness (QED) is 0.657. The van der Waals surface area contributed by atoms with E-state index in [1.165, 1.54) is 31.5 Å². The van der Waals surface area contributed by atoms with Crippen LogP contribution >= 0.6 is 11.6 Å². The van der Waals surface area contributed by atoms with Crippen LogP contribution in [-0.4, -0.2) is 37.7 Å². The van der Waals surface area contributed by atoms with Gasteiger partial charge in [0.15, 0.2) is 11.5 Å². The predicted molar refractivity (Wildman–Crippen MR) is 111 cm³/mol. The van der Waals surface area contributed by atoms with E-state index in [1.54, 1.807) is 19.2 Å². The standard InChI is InChI=1S/C22H28ClFN2O2/c1-3-26-10-4-5-19(26)14-25-13-17-11-20(23)22(21(12-17)27-2)28-15-16-6-8-18(24)9-7-16/h6-9,11-12,19,25H,3-5,10,13-15H2,1-2H3/t19-/m0/s1. The summed E-state index contributed by atoms with van der Waals surface area (Å²) in [6, 6.07) is 10.7. The fraction of sp³-hybridized carbons (Fsp3) is 0.455. The number of methoxy groups -OCH3 is 1. The molecule has 0 spiro atoms. The van der Waals surface area contributed by atoms with Crippen molar-refractivity contribution in [3.63, 3.8) is 0 Å². The SMILES string of the molecule is CCN1CCC[C@H]1CNCc1cc(Cl)c(OCc2ccc(F)cc2)c(OC)c1. The van der Waals surface area contributed by atoms with Crippen molar-refractivity contribution in [1.82, 2.24) is 10.2 Å². The van der Waals surface area contributed by atoms with Crippen LogP contribution in [0.4, 0.5) is 4.39 Å². The molecule has 0 bridgehead atoms. The van der Waals surface area contributed by atoms with Gasteiger partial charge >= 0.3 is 0 Å². The van der Waals surface area contributed by atoms with Gasteiger partial charge in [0.05, 0.1) is 12.1 Å². The second-order valence-electron chi connectivity index (χ2n) is 7.08. The summed E-state index contributed by atoms with van der Waals surface area (Å²) in [7, 11) is 1.60. The largest absolute Gasteiger partial charge is 0.493 e. The Kier molecular flexibility index (Phi) is 7.54. The summed E-state index contributed by atoms with van der Waals surface area (Å²) in [6.45, 7) is 6.50. The van der Waals surface area contributed by atoms with Crippen LogP contribution in [0.3, 0.4) is 0 Å². The topological polar surface area (TPSA) is 33.7 Å². The van der Waals surface area contributed by atoms with E-state index in [1.807, 2.05) is 12.1 Å². The van der Waals surface area contributed by atoms with E-state index in [2.05, 4.69) is 17.1 Å². The van der Waals surface area contributed by atoms with Crippen LogP contribution in [0.1, 0.15) is 30.9 Å². The second kappa shape index (κ2) is 10.1. The maximum atomic E-state index is 13.0. The highest BCUT2D eigenvalue weighted by Crippen LogP contribution is 2.37. The first-order chi connectivity index (χ1) is 13.6. The van der Waals surface area contributed by atoms with E-state index < -0.39 is 0 Å². The Hall–Kier alpha value is -1.82. The van der Waals surface area contributed by atoms with Crippen LogP contribution in [0.25, 0.3) is 0 Å². The summed E-state index contributed by atoms with van der Waals surface area (Å²) in [5.74, 6) is 0.837. The van der Waals surface area contributed by atoms with Crippen molar-refractivity contribution in [1.29, 1.82) is 0 Å². The molecule has 1 heterocycles. The number of ether oxygens (including phenoxy) is 2. The van der Waals surface area contributed by atoms with Crippen molar-refractivity contribution >= 4 is 11.6 Å². The van der Waals surface area contributed by atoms with Gasteiger partial charge in [0.2, 0.25) is 0 Å². The number of hydrogen-bond donors (Lipinski definition) is 1.